The summed E-state index contributed by atoms with van der Waals surface area (Å²) in [5.74, 6) is -0.266. The van der Waals surface area contributed by atoms with Gasteiger partial charge in [-0.15, -0.1) is 0 Å². The third-order valence-corrected chi connectivity index (χ3v) is 6.51. The monoisotopic (exact) mass is 472 g/mol. The fourth-order valence-corrected chi connectivity index (χ4v) is 4.56. The van der Waals surface area contributed by atoms with Crippen LogP contribution in [0.1, 0.15) is 25.3 Å². The number of amides is 2. The van der Waals surface area contributed by atoms with Crippen LogP contribution in [-0.2, 0) is 9.59 Å². The zero-order chi connectivity index (χ0) is 23.6. The summed E-state index contributed by atoms with van der Waals surface area (Å²) in [7, 11) is 0. The zero-order valence-electron chi connectivity index (χ0n) is 17.8. The lowest BCUT2D eigenvalue weighted by atomic mass is 10.0. The number of hydrogen-bond acceptors (Lipinski definition) is 6. The highest BCUT2D eigenvalue weighted by atomic mass is 35.5. The SMILES string of the molecule is CC1C(NC(=O)COc2ccc(C#N)cn2)CC2(NC(=O)COc3ccc(Cl)c(F)c3)CC12. The van der Waals surface area contributed by atoms with Gasteiger partial charge in [-0.3, -0.25) is 9.59 Å². The van der Waals surface area contributed by atoms with Gasteiger partial charge in [0.2, 0.25) is 5.88 Å². The Morgan fingerprint density at radius 2 is 2.03 bits per heavy atom. The van der Waals surface area contributed by atoms with Crippen LogP contribution in [0.4, 0.5) is 4.39 Å². The highest BCUT2D eigenvalue weighted by molar-refractivity contribution is 6.30. The van der Waals surface area contributed by atoms with E-state index in [-0.39, 0.29) is 65.1 Å². The van der Waals surface area contributed by atoms with E-state index in [9.17, 15) is 14.0 Å². The fourth-order valence-electron chi connectivity index (χ4n) is 4.44. The summed E-state index contributed by atoms with van der Waals surface area (Å²) in [4.78, 5) is 28.7. The van der Waals surface area contributed by atoms with Crippen molar-refractivity contribution in [3.05, 3.63) is 52.9 Å². The fraction of sp³-hybridized carbons (Fsp3) is 0.391. The van der Waals surface area contributed by atoms with Crippen LogP contribution in [0.2, 0.25) is 5.02 Å². The Balaban J connectivity index is 1.23. The average Bonchev–Trinajstić information content (AvgIpc) is 3.44. The average molecular weight is 473 g/mol. The highest BCUT2D eigenvalue weighted by Crippen LogP contribution is 2.58. The van der Waals surface area contributed by atoms with E-state index >= 15 is 0 Å². The van der Waals surface area contributed by atoms with Crippen LogP contribution in [0.15, 0.2) is 36.5 Å². The number of carbonyl (C=O) groups is 2. The maximum Gasteiger partial charge on any atom is 0.258 e. The van der Waals surface area contributed by atoms with Gasteiger partial charge in [0.15, 0.2) is 13.2 Å². The maximum absolute atomic E-state index is 13.5. The van der Waals surface area contributed by atoms with Gasteiger partial charge in [-0.25, -0.2) is 9.37 Å². The Hall–Kier alpha value is -3.38. The van der Waals surface area contributed by atoms with Crippen LogP contribution in [0, 0.1) is 29.0 Å². The van der Waals surface area contributed by atoms with Gasteiger partial charge in [-0.2, -0.15) is 5.26 Å². The summed E-state index contributed by atoms with van der Waals surface area (Å²) >= 11 is 5.64. The number of pyridine rings is 1. The summed E-state index contributed by atoms with van der Waals surface area (Å²) in [6.45, 7) is 1.61. The Kier molecular flexibility index (Phi) is 6.38. The molecule has 2 aliphatic rings. The summed E-state index contributed by atoms with van der Waals surface area (Å²) in [6.07, 6.45) is 2.83. The van der Waals surface area contributed by atoms with E-state index in [0.717, 1.165) is 12.5 Å². The molecule has 4 unspecified atom stereocenters. The Morgan fingerprint density at radius 3 is 2.73 bits per heavy atom. The standard InChI is InChI=1S/C23H22ClFN4O4/c1-13-16-7-23(16,29-21(31)12-32-15-3-4-17(24)18(25)6-15)8-19(13)28-20(30)11-33-22-5-2-14(9-26)10-27-22/h2-6,10,13,16,19H,7-8,11-12H2,1H3,(H,28,30)(H,29,31). The molecule has 1 aromatic heterocycles. The second-order valence-corrected chi connectivity index (χ2v) is 8.81. The van der Waals surface area contributed by atoms with Crippen molar-refractivity contribution in [1.82, 2.24) is 15.6 Å². The van der Waals surface area contributed by atoms with Gasteiger partial charge in [0.05, 0.1) is 10.6 Å². The first kappa shape index (κ1) is 22.8. The van der Waals surface area contributed by atoms with Gasteiger partial charge in [-0.1, -0.05) is 18.5 Å². The van der Waals surface area contributed by atoms with Crippen molar-refractivity contribution in [2.45, 2.75) is 31.3 Å². The minimum atomic E-state index is -0.613. The maximum atomic E-state index is 13.5. The van der Waals surface area contributed by atoms with Crippen molar-refractivity contribution in [2.75, 3.05) is 13.2 Å². The van der Waals surface area contributed by atoms with Gasteiger partial charge in [0, 0.05) is 29.9 Å². The van der Waals surface area contributed by atoms with Crippen molar-refractivity contribution in [2.24, 2.45) is 11.8 Å². The molecule has 2 saturated carbocycles. The number of halogens is 2. The van der Waals surface area contributed by atoms with Crippen molar-refractivity contribution in [3.63, 3.8) is 0 Å². The van der Waals surface area contributed by atoms with Crippen LogP contribution in [-0.4, -0.2) is 41.6 Å². The van der Waals surface area contributed by atoms with Crippen LogP contribution < -0.4 is 20.1 Å². The number of fused-ring (bicyclic) bond motifs is 1. The molecular formula is C23H22ClFN4O4. The van der Waals surface area contributed by atoms with E-state index < -0.39 is 5.82 Å². The smallest absolute Gasteiger partial charge is 0.258 e. The number of rotatable bonds is 8. The molecule has 0 bridgehead atoms. The number of hydrogen-bond donors (Lipinski definition) is 2. The second-order valence-electron chi connectivity index (χ2n) is 8.40. The van der Waals surface area contributed by atoms with Crippen molar-refractivity contribution in [1.29, 1.82) is 5.26 Å². The molecule has 1 heterocycles. The quantitative estimate of drug-likeness (QED) is 0.610. The minimum Gasteiger partial charge on any atom is -0.484 e. The molecule has 10 heteroatoms. The molecule has 2 aliphatic carbocycles. The van der Waals surface area contributed by atoms with Crippen LogP contribution >= 0.6 is 11.6 Å². The van der Waals surface area contributed by atoms with Gasteiger partial charge < -0.3 is 20.1 Å². The van der Waals surface area contributed by atoms with E-state index in [0.29, 0.717) is 12.0 Å². The number of ether oxygens (including phenoxy) is 2. The molecule has 0 spiro atoms. The van der Waals surface area contributed by atoms with Gasteiger partial charge in [0.1, 0.15) is 17.6 Å². The highest BCUT2D eigenvalue weighted by Gasteiger charge is 2.64. The first-order valence-electron chi connectivity index (χ1n) is 10.5. The van der Waals surface area contributed by atoms with Gasteiger partial charge in [-0.05, 0) is 42.9 Å². The summed E-state index contributed by atoms with van der Waals surface area (Å²) in [5.41, 5.74) is 0.0439. The molecule has 2 N–H and O–H groups in total. The van der Waals surface area contributed by atoms with E-state index in [2.05, 4.69) is 15.6 Å². The third-order valence-electron chi connectivity index (χ3n) is 6.20. The third kappa shape index (κ3) is 5.17. The largest absolute Gasteiger partial charge is 0.484 e. The number of nitrogens with one attached hydrogen (secondary N) is 2. The lowest BCUT2D eigenvalue weighted by Gasteiger charge is -2.22. The number of aromatic nitrogens is 1. The van der Waals surface area contributed by atoms with Crippen molar-refractivity contribution >= 4 is 23.4 Å². The van der Waals surface area contributed by atoms with Crippen LogP contribution in [0.3, 0.4) is 0 Å². The van der Waals surface area contributed by atoms with E-state index in [1.54, 1.807) is 6.07 Å². The number of nitriles is 1. The topological polar surface area (TPSA) is 113 Å². The van der Waals surface area contributed by atoms with Crippen molar-refractivity contribution in [3.8, 4) is 17.7 Å². The second kappa shape index (κ2) is 9.24. The molecule has 0 saturated heterocycles. The molecule has 2 aromatic rings. The van der Waals surface area contributed by atoms with E-state index in [4.69, 9.17) is 26.3 Å². The molecule has 2 fully saturated rings. The normalized spacial score (nSPS) is 24.8. The Morgan fingerprint density at radius 1 is 1.24 bits per heavy atom. The summed E-state index contributed by atoms with van der Waals surface area (Å²) < 4.78 is 24.2. The van der Waals surface area contributed by atoms with Crippen LogP contribution in [0.25, 0.3) is 0 Å². The Labute approximate surface area is 195 Å². The number of benzene rings is 1. The van der Waals surface area contributed by atoms with Gasteiger partial charge in [0.25, 0.3) is 11.8 Å². The van der Waals surface area contributed by atoms with E-state index in [1.165, 1.54) is 24.4 Å². The minimum absolute atomic E-state index is 0.0156. The number of carbonyl (C=O) groups excluding carboxylic acids is 2. The molecule has 0 aliphatic heterocycles. The molecule has 4 rings (SSSR count). The first-order chi connectivity index (χ1) is 15.8. The number of nitrogens with zero attached hydrogens (tertiary/aromatic N) is 2. The summed E-state index contributed by atoms with van der Waals surface area (Å²) in [6, 6.07) is 8.95. The van der Waals surface area contributed by atoms with E-state index in [1.807, 2.05) is 13.0 Å². The molecule has 0 radical (unpaired) electrons. The molecule has 1 aromatic carbocycles. The molecule has 172 valence electrons. The lowest BCUT2D eigenvalue weighted by Crippen LogP contribution is -2.44. The zero-order valence-corrected chi connectivity index (χ0v) is 18.6. The van der Waals surface area contributed by atoms with Crippen molar-refractivity contribution < 1.29 is 23.5 Å². The predicted octanol–water partition coefficient (Wildman–Crippen LogP) is 2.60. The first-order valence-corrected chi connectivity index (χ1v) is 10.8. The molecule has 8 nitrogen and oxygen atoms in total. The molecule has 33 heavy (non-hydrogen) atoms. The Bertz CT molecular complexity index is 1110. The summed E-state index contributed by atoms with van der Waals surface area (Å²) in [5, 5.41) is 14.8. The lowest BCUT2D eigenvalue weighted by molar-refractivity contribution is -0.124. The molecule has 4 atom stereocenters. The van der Waals surface area contributed by atoms with Gasteiger partial charge >= 0.3 is 0 Å². The molecule has 2 amide bonds. The molecular weight excluding hydrogens is 451 g/mol. The predicted molar refractivity (Wildman–Crippen MR) is 116 cm³/mol. The van der Waals surface area contributed by atoms with Crippen LogP contribution in [0.5, 0.6) is 11.6 Å².